The van der Waals surface area contributed by atoms with Gasteiger partial charge in [0.1, 0.15) is 12.3 Å². The zero-order valence-corrected chi connectivity index (χ0v) is 6.03. The van der Waals surface area contributed by atoms with E-state index in [1.165, 1.54) is 0 Å². The molecule has 0 bridgehead atoms. The molecule has 0 saturated carbocycles. The lowest BCUT2D eigenvalue weighted by molar-refractivity contribution is 0.0194. The molecule has 6 nitrogen and oxygen atoms in total. The number of likely N-dealkylation sites (N-methyl/N-ethyl adjacent to an activating group) is 1. The van der Waals surface area contributed by atoms with E-state index in [1.54, 1.807) is 11.9 Å². The summed E-state index contributed by atoms with van der Waals surface area (Å²) in [5, 5.41) is 17.3. The average Bonchev–Trinajstić information content (AvgIpc) is 2.37. The van der Waals surface area contributed by atoms with E-state index in [4.69, 9.17) is 0 Å². The number of urea groups is 1. The Hall–Kier alpha value is -0.850. The molecular formula is C5H10N4O2. The first-order valence-electron chi connectivity index (χ1n) is 3.41. The summed E-state index contributed by atoms with van der Waals surface area (Å²) in [5.74, 6) is 0. The number of carbonyl (C=O) groups is 1. The lowest BCUT2D eigenvalue weighted by Crippen LogP contribution is -2.43. The van der Waals surface area contributed by atoms with E-state index >= 15 is 0 Å². The minimum atomic E-state index is -0.682. The van der Waals surface area contributed by atoms with Crippen LogP contribution in [0.2, 0.25) is 0 Å². The van der Waals surface area contributed by atoms with Crippen molar-refractivity contribution in [2.45, 2.75) is 18.7 Å². The van der Waals surface area contributed by atoms with E-state index in [-0.39, 0.29) is 18.4 Å². The van der Waals surface area contributed by atoms with Gasteiger partial charge in [0, 0.05) is 0 Å². The molecule has 0 radical (unpaired) electrons. The Morgan fingerprint density at radius 2 is 2.27 bits per heavy atom. The standard InChI is InChI=1S/C5H10N4O2/c1-9-3-2(7-5(9)11)6-4(10)8-3/h2-3,5,7,11H,1H3,(H2,6,8,10)/t2-,3+,5?/m0/s1. The monoisotopic (exact) mass is 158 g/mol. The Bertz CT molecular complexity index is 197. The largest absolute Gasteiger partial charge is 0.365 e. The van der Waals surface area contributed by atoms with Gasteiger partial charge in [-0.2, -0.15) is 0 Å². The van der Waals surface area contributed by atoms with Crippen molar-refractivity contribution in [1.29, 1.82) is 0 Å². The highest BCUT2D eigenvalue weighted by molar-refractivity contribution is 5.77. The van der Waals surface area contributed by atoms with Crippen LogP contribution in [0.4, 0.5) is 4.79 Å². The molecule has 2 saturated heterocycles. The van der Waals surface area contributed by atoms with Crippen LogP contribution in [0.25, 0.3) is 0 Å². The van der Waals surface area contributed by atoms with Crippen LogP contribution in [0.3, 0.4) is 0 Å². The first kappa shape index (κ1) is 6.84. The third-order valence-electron chi connectivity index (χ3n) is 2.03. The molecule has 2 aliphatic heterocycles. The number of nitrogens with zero attached hydrogens (tertiary/aromatic N) is 1. The number of hydrogen-bond donors (Lipinski definition) is 4. The minimum Gasteiger partial charge on any atom is -0.365 e. The maximum atomic E-state index is 10.7. The topological polar surface area (TPSA) is 76.6 Å². The van der Waals surface area contributed by atoms with Gasteiger partial charge in [0.05, 0.1) is 0 Å². The zero-order valence-electron chi connectivity index (χ0n) is 6.03. The quantitative estimate of drug-likeness (QED) is 0.321. The van der Waals surface area contributed by atoms with Crippen molar-refractivity contribution in [2.75, 3.05) is 7.05 Å². The second-order valence-corrected chi connectivity index (χ2v) is 2.75. The predicted octanol–water partition coefficient (Wildman–Crippen LogP) is -2.24. The molecule has 0 aliphatic carbocycles. The van der Waals surface area contributed by atoms with Crippen LogP contribution >= 0.6 is 0 Å². The first-order valence-corrected chi connectivity index (χ1v) is 3.41. The number of fused-ring (bicyclic) bond motifs is 1. The summed E-state index contributed by atoms with van der Waals surface area (Å²) in [4.78, 5) is 12.4. The fourth-order valence-electron chi connectivity index (χ4n) is 1.38. The van der Waals surface area contributed by atoms with Gasteiger partial charge >= 0.3 is 6.03 Å². The van der Waals surface area contributed by atoms with Gasteiger partial charge in [-0.1, -0.05) is 0 Å². The third-order valence-corrected chi connectivity index (χ3v) is 2.03. The van der Waals surface area contributed by atoms with Gasteiger partial charge in [-0.15, -0.1) is 0 Å². The van der Waals surface area contributed by atoms with E-state index < -0.39 is 6.35 Å². The number of rotatable bonds is 0. The molecule has 11 heavy (non-hydrogen) atoms. The number of carbonyl (C=O) groups excluding carboxylic acids is 1. The van der Waals surface area contributed by atoms with Gasteiger partial charge in [0.25, 0.3) is 0 Å². The second kappa shape index (κ2) is 2.07. The van der Waals surface area contributed by atoms with Crippen LogP contribution in [0.15, 0.2) is 0 Å². The average molecular weight is 158 g/mol. The van der Waals surface area contributed by atoms with E-state index in [9.17, 15) is 9.90 Å². The van der Waals surface area contributed by atoms with Crippen LogP contribution in [-0.2, 0) is 0 Å². The van der Waals surface area contributed by atoms with Gasteiger partial charge < -0.3 is 15.7 Å². The molecule has 0 spiro atoms. The lowest BCUT2D eigenvalue weighted by Gasteiger charge is -2.18. The summed E-state index contributed by atoms with van der Waals surface area (Å²) in [6.07, 6.45) is -1.00. The summed E-state index contributed by atoms with van der Waals surface area (Å²) in [5.41, 5.74) is 0. The Labute approximate surface area is 63.6 Å². The molecule has 2 amide bonds. The van der Waals surface area contributed by atoms with Gasteiger partial charge in [0.2, 0.25) is 0 Å². The molecule has 2 aliphatic rings. The van der Waals surface area contributed by atoms with Crippen molar-refractivity contribution < 1.29 is 9.90 Å². The van der Waals surface area contributed by atoms with Crippen molar-refractivity contribution in [3.05, 3.63) is 0 Å². The Kier molecular flexibility index (Phi) is 1.28. The second-order valence-electron chi connectivity index (χ2n) is 2.75. The number of aliphatic hydroxyl groups is 1. The van der Waals surface area contributed by atoms with Crippen LogP contribution in [0.1, 0.15) is 0 Å². The zero-order chi connectivity index (χ0) is 8.01. The lowest BCUT2D eigenvalue weighted by atomic mass is 10.4. The first-order chi connectivity index (χ1) is 5.18. The summed E-state index contributed by atoms with van der Waals surface area (Å²) >= 11 is 0. The number of aliphatic hydroxyl groups excluding tert-OH is 1. The SMILES string of the molecule is CN1C(O)N[C@@H]2NC(=O)N[C@@H]21. The third kappa shape index (κ3) is 0.873. The molecule has 6 heteroatoms. The van der Waals surface area contributed by atoms with Crippen LogP contribution in [0, 0.1) is 0 Å². The number of hydrogen-bond acceptors (Lipinski definition) is 4. The van der Waals surface area contributed by atoms with Crippen molar-refractivity contribution in [3.63, 3.8) is 0 Å². The molecule has 2 rings (SSSR count). The van der Waals surface area contributed by atoms with E-state index in [0.717, 1.165) is 0 Å². The summed E-state index contributed by atoms with van der Waals surface area (Å²) < 4.78 is 0. The molecule has 0 aromatic heterocycles. The number of amides is 2. The fourth-order valence-corrected chi connectivity index (χ4v) is 1.38. The molecule has 2 heterocycles. The molecule has 1 unspecified atom stereocenters. The molecule has 0 aromatic rings. The summed E-state index contributed by atoms with van der Waals surface area (Å²) in [7, 11) is 1.73. The Morgan fingerprint density at radius 3 is 2.91 bits per heavy atom. The van der Waals surface area contributed by atoms with Crippen molar-refractivity contribution in [2.24, 2.45) is 0 Å². The van der Waals surface area contributed by atoms with Crippen molar-refractivity contribution in [3.8, 4) is 0 Å². The minimum absolute atomic E-state index is 0.141. The molecule has 3 atom stereocenters. The molecular weight excluding hydrogens is 148 g/mol. The number of nitrogens with one attached hydrogen (secondary N) is 3. The Balaban J connectivity index is 2.13. The predicted molar refractivity (Wildman–Crippen MR) is 36.1 cm³/mol. The maximum Gasteiger partial charge on any atom is 0.317 e. The fraction of sp³-hybridized carbons (Fsp3) is 0.800. The normalized spacial score (nSPS) is 43.5. The van der Waals surface area contributed by atoms with E-state index in [1.807, 2.05) is 0 Å². The van der Waals surface area contributed by atoms with Crippen molar-refractivity contribution in [1.82, 2.24) is 20.9 Å². The van der Waals surface area contributed by atoms with Crippen LogP contribution in [-0.4, -0.2) is 41.8 Å². The maximum absolute atomic E-state index is 10.7. The smallest absolute Gasteiger partial charge is 0.317 e. The summed E-state index contributed by atoms with van der Waals surface area (Å²) in [6.45, 7) is 0. The van der Waals surface area contributed by atoms with Gasteiger partial charge in [-0.05, 0) is 7.05 Å². The Morgan fingerprint density at radius 1 is 1.55 bits per heavy atom. The highest BCUT2D eigenvalue weighted by atomic mass is 16.3. The molecule has 62 valence electrons. The highest BCUT2D eigenvalue weighted by Gasteiger charge is 2.43. The van der Waals surface area contributed by atoms with Crippen molar-refractivity contribution >= 4 is 6.03 Å². The molecule has 4 N–H and O–H groups in total. The molecule has 0 aromatic carbocycles. The van der Waals surface area contributed by atoms with E-state index in [2.05, 4.69) is 16.0 Å². The van der Waals surface area contributed by atoms with E-state index in [0.29, 0.717) is 0 Å². The van der Waals surface area contributed by atoms with Gasteiger partial charge in [-0.25, -0.2) is 9.69 Å². The van der Waals surface area contributed by atoms with Gasteiger partial charge in [-0.3, -0.25) is 5.32 Å². The van der Waals surface area contributed by atoms with Gasteiger partial charge in [0.15, 0.2) is 6.35 Å². The summed E-state index contributed by atoms with van der Waals surface area (Å²) in [6, 6.07) is -0.203. The van der Waals surface area contributed by atoms with Crippen LogP contribution < -0.4 is 16.0 Å². The molecule has 2 fully saturated rings. The van der Waals surface area contributed by atoms with Crippen LogP contribution in [0.5, 0.6) is 0 Å². The highest BCUT2D eigenvalue weighted by Crippen LogP contribution is 2.12.